The number of ether oxygens (including phenoxy) is 2. The van der Waals surface area contributed by atoms with Crippen LogP contribution in [0, 0.1) is 0 Å². The zero-order chi connectivity index (χ0) is 16.2. The summed E-state index contributed by atoms with van der Waals surface area (Å²) in [5.41, 5.74) is 1.22. The number of nitrogens with zero attached hydrogens (tertiary/aromatic N) is 2. The maximum absolute atomic E-state index is 12.4. The molecule has 1 aromatic carbocycles. The van der Waals surface area contributed by atoms with E-state index in [0.29, 0.717) is 25.8 Å². The monoisotopic (exact) mass is 318 g/mol. The minimum Gasteiger partial charge on any atom is -0.486 e. The third kappa shape index (κ3) is 3.44. The average Bonchev–Trinajstić information content (AvgIpc) is 3.03. The number of carbonyl (C=O) groups excluding carboxylic acids is 1. The molecule has 5 heteroatoms. The quantitative estimate of drug-likeness (QED) is 0.836. The maximum Gasteiger partial charge on any atom is 0.236 e. The molecular formula is C18H26N2O3. The van der Waals surface area contributed by atoms with Crippen molar-refractivity contribution in [3.8, 4) is 11.5 Å². The minimum atomic E-state index is 0.222. The lowest BCUT2D eigenvalue weighted by atomic mass is 10.0. The fraction of sp³-hybridized carbons (Fsp3) is 0.611. The fourth-order valence-corrected chi connectivity index (χ4v) is 3.51. The van der Waals surface area contributed by atoms with Gasteiger partial charge in [-0.25, -0.2) is 0 Å². The van der Waals surface area contributed by atoms with Gasteiger partial charge in [0.15, 0.2) is 11.5 Å². The van der Waals surface area contributed by atoms with Crippen LogP contribution in [0.3, 0.4) is 0 Å². The van der Waals surface area contributed by atoms with Crippen LogP contribution in [0.1, 0.15) is 38.3 Å². The van der Waals surface area contributed by atoms with Crippen molar-refractivity contribution in [1.29, 1.82) is 0 Å². The van der Waals surface area contributed by atoms with Crippen molar-refractivity contribution >= 4 is 5.91 Å². The van der Waals surface area contributed by atoms with Crippen molar-refractivity contribution in [2.24, 2.45) is 0 Å². The first kappa shape index (κ1) is 16.1. The van der Waals surface area contributed by atoms with E-state index in [1.807, 2.05) is 24.8 Å². The average molecular weight is 318 g/mol. The molecule has 0 spiro atoms. The summed E-state index contributed by atoms with van der Waals surface area (Å²) in [4.78, 5) is 16.6. The predicted molar refractivity (Wildman–Crippen MR) is 88.9 cm³/mol. The highest BCUT2D eigenvalue weighted by molar-refractivity contribution is 5.78. The van der Waals surface area contributed by atoms with E-state index >= 15 is 0 Å². The van der Waals surface area contributed by atoms with Gasteiger partial charge in [-0.1, -0.05) is 6.07 Å². The van der Waals surface area contributed by atoms with Crippen molar-refractivity contribution in [3.05, 3.63) is 23.8 Å². The molecule has 2 aliphatic rings. The van der Waals surface area contributed by atoms with E-state index in [9.17, 15) is 4.79 Å². The highest BCUT2D eigenvalue weighted by Gasteiger charge is 2.29. The zero-order valence-electron chi connectivity index (χ0n) is 14.1. The van der Waals surface area contributed by atoms with Crippen LogP contribution in [0.4, 0.5) is 0 Å². The Labute approximate surface area is 138 Å². The van der Waals surface area contributed by atoms with E-state index in [4.69, 9.17) is 9.47 Å². The number of likely N-dealkylation sites (tertiary alicyclic amines) is 1. The van der Waals surface area contributed by atoms with Gasteiger partial charge in [-0.05, 0) is 50.9 Å². The van der Waals surface area contributed by atoms with Crippen LogP contribution in [0.25, 0.3) is 0 Å². The molecule has 1 aromatic rings. The van der Waals surface area contributed by atoms with Gasteiger partial charge in [0.1, 0.15) is 13.2 Å². The first-order valence-corrected chi connectivity index (χ1v) is 8.64. The lowest BCUT2D eigenvalue weighted by Crippen LogP contribution is -2.40. The second kappa shape index (κ2) is 7.21. The van der Waals surface area contributed by atoms with Crippen molar-refractivity contribution < 1.29 is 14.3 Å². The van der Waals surface area contributed by atoms with Gasteiger partial charge in [0.05, 0.1) is 6.54 Å². The second-order valence-electron chi connectivity index (χ2n) is 6.10. The number of benzene rings is 1. The van der Waals surface area contributed by atoms with Gasteiger partial charge < -0.3 is 14.4 Å². The summed E-state index contributed by atoms with van der Waals surface area (Å²) in [5, 5.41) is 0. The summed E-state index contributed by atoms with van der Waals surface area (Å²) >= 11 is 0. The van der Waals surface area contributed by atoms with Crippen LogP contribution >= 0.6 is 0 Å². The summed E-state index contributed by atoms with van der Waals surface area (Å²) in [5.74, 6) is 1.87. The topological polar surface area (TPSA) is 42.0 Å². The number of carbonyl (C=O) groups is 1. The number of rotatable bonds is 5. The molecule has 1 atom stereocenters. The molecule has 1 saturated heterocycles. The highest BCUT2D eigenvalue weighted by atomic mass is 16.6. The molecule has 0 aromatic heterocycles. The number of fused-ring (bicyclic) bond motifs is 1. The van der Waals surface area contributed by atoms with Gasteiger partial charge >= 0.3 is 0 Å². The Morgan fingerprint density at radius 2 is 1.96 bits per heavy atom. The van der Waals surface area contributed by atoms with Gasteiger partial charge in [-0.2, -0.15) is 0 Å². The van der Waals surface area contributed by atoms with Gasteiger partial charge in [0.25, 0.3) is 0 Å². The summed E-state index contributed by atoms with van der Waals surface area (Å²) < 4.78 is 11.3. The second-order valence-corrected chi connectivity index (χ2v) is 6.10. The van der Waals surface area contributed by atoms with Crippen molar-refractivity contribution in [2.75, 3.05) is 39.4 Å². The number of hydrogen-bond donors (Lipinski definition) is 0. The first-order chi connectivity index (χ1) is 11.2. The molecule has 126 valence electrons. The predicted octanol–water partition coefficient (Wildman–Crippen LogP) is 2.46. The molecule has 0 saturated carbocycles. The lowest BCUT2D eigenvalue weighted by molar-refractivity contribution is -0.132. The lowest BCUT2D eigenvalue weighted by Gasteiger charge is -2.28. The summed E-state index contributed by atoms with van der Waals surface area (Å²) in [7, 11) is 0. The number of amides is 1. The summed E-state index contributed by atoms with van der Waals surface area (Å²) in [6, 6.07) is 6.48. The molecule has 23 heavy (non-hydrogen) atoms. The van der Waals surface area contributed by atoms with Crippen LogP contribution in [-0.4, -0.2) is 55.1 Å². The molecule has 1 fully saturated rings. The van der Waals surface area contributed by atoms with Crippen LogP contribution in [0.15, 0.2) is 18.2 Å². The maximum atomic E-state index is 12.4. The van der Waals surface area contributed by atoms with Gasteiger partial charge in [0, 0.05) is 19.1 Å². The smallest absolute Gasteiger partial charge is 0.236 e. The Morgan fingerprint density at radius 1 is 1.22 bits per heavy atom. The number of hydrogen-bond acceptors (Lipinski definition) is 4. The van der Waals surface area contributed by atoms with Gasteiger partial charge in [0.2, 0.25) is 5.91 Å². The fourth-order valence-electron chi connectivity index (χ4n) is 3.51. The van der Waals surface area contributed by atoms with Crippen LogP contribution < -0.4 is 9.47 Å². The number of likely N-dealkylation sites (N-methyl/N-ethyl adjacent to an activating group) is 1. The molecule has 1 amide bonds. The largest absolute Gasteiger partial charge is 0.486 e. The molecule has 5 nitrogen and oxygen atoms in total. The van der Waals surface area contributed by atoms with E-state index < -0.39 is 0 Å². The van der Waals surface area contributed by atoms with Gasteiger partial charge in [-0.3, -0.25) is 9.69 Å². The van der Waals surface area contributed by atoms with Crippen LogP contribution in [-0.2, 0) is 4.79 Å². The van der Waals surface area contributed by atoms with Gasteiger partial charge in [-0.15, -0.1) is 0 Å². The van der Waals surface area contributed by atoms with Crippen LogP contribution in [0.2, 0.25) is 0 Å². The van der Waals surface area contributed by atoms with E-state index in [2.05, 4.69) is 17.0 Å². The Bertz CT molecular complexity index is 557. The molecule has 2 aliphatic heterocycles. The molecule has 1 unspecified atom stereocenters. The molecule has 2 heterocycles. The standard InChI is InChI=1S/C18H26N2O3/c1-3-19(4-2)18(21)13-20-9-5-6-15(20)14-7-8-16-17(12-14)23-11-10-22-16/h7-8,12,15H,3-6,9-11,13H2,1-2H3. The molecular weight excluding hydrogens is 292 g/mol. The summed E-state index contributed by atoms with van der Waals surface area (Å²) in [6.45, 7) is 8.31. The molecule has 0 bridgehead atoms. The molecule has 3 rings (SSSR count). The Morgan fingerprint density at radius 3 is 2.70 bits per heavy atom. The van der Waals surface area contributed by atoms with E-state index in [-0.39, 0.29) is 5.91 Å². The Hall–Kier alpha value is -1.75. The van der Waals surface area contributed by atoms with E-state index in [1.54, 1.807) is 0 Å². The van der Waals surface area contributed by atoms with Crippen molar-refractivity contribution in [3.63, 3.8) is 0 Å². The van der Waals surface area contributed by atoms with E-state index in [1.165, 1.54) is 5.56 Å². The van der Waals surface area contributed by atoms with Crippen LogP contribution in [0.5, 0.6) is 11.5 Å². The summed E-state index contributed by atoms with van der Waals surface area (Å²) in [6.07, 6.45) is 2.22. The molecule has 0 N–H and O–H groups in total. The third-order valence-corrected chi connectivity index (χ3v) is 4.77. The Kier molecular flexibility index (Phi) is 5.06. The molecule has 0 radical (unpaired) electrons. The van der Waals surface area contributed by atoms with Crippen molar-refractivity contribution in [1.82, 2.24) is 9.80 Å². The third-order valence-electron chi connectivity index (χ3n) is 4.77. The minimum absolute atomic E-state index is 0.222. The SMILES string of the molecule is CCN(CC)C(=O)CN1CCCC1c1ccc2c(c1)OCCO2. The van der Waals surface area contributed by atoms with Crippen molar-refractivity contribution in [2.45, 2.75) is 32.7 Å². The first-order valence-electron chi connectivity index (χ1n) is 8.64. The normalized spacial score (nSPS) is 20.5. The van der Waals surface area contributed by atoms with E-state index in [0.717, 1.165) is 44.0 Å². The Balaban J connectivity index is 1.72. The zero-order valence-corrected chi connectivity index (χ0v) is 14.1. The molecule has 0 aliphatic carbocycles. The highest BCUT2D eigenvalue weighted by Crippen LogP contribution is 2.37.